The Morgan fingerprint density at radius 1 is 1.17 bits per heavy atom. The summed E-state index contributed by atoms with van der Waals surface area (Å²) in [5, 5.41) is 0. The highest BCUT2D eigenvalue weighted by molar-refractivity contribution is 5.80. The predicted molar refractivity (Wildman–Crippen MR) is 67.4 cm³/mol. The second-order valence-corrected chi connectivity index (χ2v) is 4.15. The van der Waals surface area contributed by atoms with Gasteiger partial charge in [0.1, 0.15) is 5.54 Å². The molecule has 0 amide bonds. The summed E-state index contributed by atoms with van der Waals surface area (Å²) in [5.74, 6) is -0.453. The van der Waals surface area contributed by atoms with Crippen LogP contribution in [0.15, 0.2) is 0 Å². The molecule has 0 aromatic heterocycles. The maximum atomic E-state index is 11.4. The quantitative estimate of drug-likeness (QED) is 0.427. The zero-order valence-corrected chi connectivity index (χ0v) is 11.6. The third-order valence-corrected chi connectivity index (χ3v) is 2.15. The fourth-order valence-corrected chi connectivity index (χ4v) is 1.16. The number of hydrogen-bond acceptors (Lipinski definition) is 6. The molecule has 0 spiro atoms. The molecule has 0 aliphatic rings. The molecule has 1 unspecified atom stereocenters. The fourth-order valence-electron chi connectivity index (χ4n) is 1.16. The van der Waals surface area contributed by atoms with Crippen molar-refractivity contribution in [1.29, 1.82) is 0 Å². The Morgan fingerprint density at radius 2 is 1.83 bits per heavy atom. The van der Waals surface area contributed by atoms with E-state index in [9.17, 15) is 4.79 Å². The fraction of sp³-hybridized carbons (Fsp3) is 0.917. The van der Waals surface area contributed by atoms with Gasteiger partial charge in [-0.2, -0.15) is 0 Å². The van der Waals surface area contributed by atoms with Crippen molar-refractivity contribution in [2.24, 2.45) is 5.73 Å². The van der Waals surface area contributed by atoms with Crippen molar-refractivity contribution in [2.45, 2.75) is 25.8 Å². The molecule has 0 aliphatic carbocycles. The van der Waals surface area contributed by atoms with Crippen molar-refractivity contribution in [3.63, 3.8) is 0 Å². The van der Waals surface area contributed by atoms with Gasteiger partial charge in [0, 0.05) is 20.3 Å². The van der Waals surface area contributed by atoms with Gasteiger partial charge in [0.15, 0.2) is 0 Å². The average Bonchev–Trinajstić information content (AvgIpc) is 2.33. The van der Waals surface area contributed by atoms with Gasteiger partial charge in [0.25, 0.3) is 0 Å². The van der Waals surface area contributed by atoms with Crippen LogP contribution in [0.5, 0.6) is 0 Å². The van der Waals surface area contributed by atoms with E-state index in [1.54, 1.807) is 21.0 Å². The molecule has 0 heterocycles. The van der Waals surface area contributed by atoms with Crippen molar-refractivity contribution in [2.75, 3.05) is 46.8 Å². The number of nitrogens with two attached hydrogens (primary N) is 1. The van der Waals surface area contributed by atoms with E-state index in [1.807, 2.05) is 0 Å². The topological polar surface area (TPSA) is 80.0 Å². The maximum absolute atomic E-state index is 11.4. The van der Waals surface area contributed by atoms with Gasteiger partial charge in [-0.25, -0.2) is 4.79 Å². The van der Waals surface area contributed by atoms with Crippen molar-refractivity contribution < 1.29 is 23.7 Å². The maximum Gasteiger partial charge on any atom is 0.328 e. The van der Waals surface area contributed by atoms with E-state index in [0.717, 1.165) is 6.42 Å². The van der Waals surface area contributed by atoms with Gasteiger partial charge >= 0.3 is 5.97 Å². The molecular formula is C12H25NO5. The normalized spacial score (nSPS) is 14.2. The molecule has 108 valence electrons. The third kappa shape index (κ3) is 8.41. The number of ether oxygens (including phenoxy) is 4. The summed E-state index contributed by atoms with van der Waals surface area (Å²) in [7, 11) is 1.65. The molecule has 0 bridgehead atoms. The highest BCUT2D eigenvalue weighted by Crippen LogP contribution is 2.03. The van der Waals surface area contributed by atoms with Gasteiger partial charge in [-0.3, -0.25) is 0 Å². The van der Waals surface area contributed by atoms with Crippen molar-refractivity contribution in [3.05, 3.63) is 0 Å². The van der Waals surface area contributed by atoms with Crippen LogP contribution in [0.25, 0.3) is 0 Å². The molecule has 0 rings (SSSR count). The van der Waals surface area contributed by atoms with Crippen LogP contribution in [0.1, 0.15) is 20.3 Å². The van der Waals surface area contributed by atoms with Crippen molar-refractivity contribution in [1.82, 2.24) is 0 Å². The summed E-state index contributed by atoms with van der Waals surface area (Å²) in [5.41, 5.74) is 4.66. The summed E-state index contributed by atoms with van der Waals surface area (Å²) < 4.78 is 20.3. The van der Waals surface area contributed by atoms with E-state index in [1.165, 1.54) is 0 Å². The van der Waals surface area contributed by atoms with Crippen LogP contribution in [0.4, 0.5) is 0 Å². The first-order valence-electron chi connectivity index (χ1n) is 6.15. The minimum atomic E-state index is -1.11. The molecular weight excluding hydrogens is 238 g/mol. The van der Waals surface area contributed by atoms with E-state index >= 15 is 0 Å². The molecule has 6 nitrogen and oxygen atoms in total. The largest absolute Gasteiger partial charge is 0.465 e. The Bertz CT molecular complexity index is 221. The van der Waals surface area contributed by atoms with Crippen molar-refractivity contribution >= 4 is 5.97 Å². The molecule has 6 heteroatoms. The third-order valence-electron chi connectivity index (χ3n) is 2.15. The first kappa shape index (κ1) is 17.3. The lowest BCUT2D eigenvalue weighted by atomic mass is 10.1. The number of rotatable bonds is 11. The van der Waals surface area contributed by atoms with Crippen LogP contribution in [0.3, 0.4) is 0 Å². The predicted octanol–water partition coefficient (Wildman–Crippen LogP) is 0.337. The van der Waals surface area contributed by atoms with Crippen molar-refractivity contribution in [3.8, 4) is 0 Å². The van der Waals surface area contributed by atoms with Gasteiger partial charge in [-0.1, -0.05) is 0 Å². The standard InChI is InChI=1S/C12H25NO5/c1-4-18-11(14)12(2,13)10-17-9-8-16-7-5-6-15-3/h4-10,13H2,1-3H3. The number of esters is 1. The molecule has 2 N–H and O–H groups in total. The molecule has 1 atom stereocenters. The second-order valence-electron chi connectivity index (χ2n) is 4.15. The highest BCUT2D eigenvalue weighted by Gasteiger charge is 2.30. The zero-order valence-electron chi connectivity index (χ0n) is 11.6. The summed E-state index contributed by atoms with van der Waals surface area (Å²) in [6.07, 6.45) is 0.855. The number of carbonyl (C=O) groups is 1. The molecule has 0 aromatic rings. The smallest absolute Gasteiger partial charge is 0.328 e. The summed E-state index contributed by atoms with van der Waals surface area (Å²) in [6.45, 7) is 5.95. The Hall–Kier alpha value is -0.690. The van der Waals surface area contributed by atoms with E-state index in [0.29, 0.717) is 33.0 Å². The Balaban J connectivity index is 3.49. The second kappa shape index (κ2) is 10.3. The van der Waals surface area contributed by atoms with E-state index in [-0.39, 0.29) is 6.61 Å². The highest BCUT2D eigenvalue weighted by atomic mass is 16.5. The van der Waals surface area contributed by atoms with Gasteiger partial charge in [-0.15, -0.1) is 0 Å². The first-order chi connectivity index (χ1) is 8.54. The minimum Gasteiger partial charge on any atom is -0.465 e. The van der Waals surface area contributed by atoms with Crippen LogP contribution in [0, 0.1) is 0 Å². The van der Waals surface area contributed by atoms with E-state index < -0.39 is 11.5 Å². The van der Waals surface area contributed by atoms with Crippen LogP contribution < -0.4 is 5.73 Å². The number of methoxy groups -OCH3 is 1. The molecule has 0 aliphatic heterocycles. The lowest BCUT2D eigenvalue weighted by molar-refractivity contribution is -0.151. The molecule has 18 heavy (non-hydrogen) atoms. The van der Waals surface area contributed by atoms with Gasteiger partial charge in [-0.05, 0) is 20.3 Å². The van der Waals surface area contributed by atoms with E-state index in [2.05, 4.69) is 0 Å². The van der Waals surface area contributed by atoms with Gasteiger partial charge in [0.2, 0.25) is 0 Å². The Morgan fingerprint density at radius 3 is 2.44 bits per heavy atom. The number of carbonyl (C=O) groups excluding carboxylic acids is 1. The van der Waals surface area contributed by atoms with Crippen LogP contribution in [-0.2, 0) is 23.7 Å². The molecule has 0 fully saturated rings. The van der Waals surface area contributed by atoms with Gasteiger partial charge in [0.05, 0.1) is 26.4 Å². The minimum absolute atomic E-state index is 0.118. The van der Waals surface area contributed by atoms with Gasteiger partial charge < -0.3 is 24.7 Å². The molecule has 0 saturated carbocycles. The Kier molecular flexibility index (Phi) is 9.86. The Labute approximate surface area is 109 Å². The summed E-state index contributed by atoms with van der Waals surface area (Å²) >= 11 is 0. The first-order valence-corrected chi connectivity index (χ1v) is 6.15. The molecule has 0 radical (unpaired) electrons. The molecule has 0 aromatic carbocycles. The number of hydrogen-bond donors (Lipinski definition) is 1. The zero-order chi connectivity index (χ0) is 13.9. The lowest BCUT2D eigenvalue weighted by Gasteiger charge is -2.21. The SMILES string of the molecule is CCOC(=O)C(C)(N)COCCOCCCOC. The van der Waals surface area contributed by atoms with Crippen LogP contribution in [0.2, 0.25) is 0 Å². The van der Waals surface area contributed by atoms with E-state index in [4.69, 9.17) is 24.7 Å². The monoisotopic (exact) mass is 263 g/mol. The average molecular weight is 263 g/mol. The lowest BCUT2D eigenvalue weighted by Crippen LogP contribution is -2.50. The summed E-state index contributed by atoms with van der Waals surface area (Å²) in [4.78, 5) is 11.4. The van der Waals surface area contributed by atoms with Crippen LogP contribution >= 0.6 is 0 Å². The van der Waals surface area contributed by atoms with Crippen LogP contribution in [-0.4, -0.2) is 58.3 Å². The summed E-state index contributed by atoms with van der Waals surface area (Å²) in [6, 6.07) is 0. The molecule has 0 saturated heterocycles.